The third kappa shape index (κ3) is 3.68. The normalized spacial score (nSPS) is 10.4. The number of carbonyl (C=O) groups excluding carboxylic acids is 1. The first-order valence-corrected chi connectivity index (χ1v) is 6.68. The Morgan fingerprint density at radius 3 is 2.90 bits per heavy atom. The second-order valence-electron chi connectivity index (χ2n) is 4.25. The minimum absolute atomic E-state index is 0.179. The molecule has 1 heterocycles. The molecule has 1 N–H and O–H groups in total. The summed E-state index contributed by atoms with van der Waals surface area (Å²) in [7, 11) is 0. The average molecular weight is 274 g/mol. The van der Waals surface area contributed by atoms with Crippen LogP contribution in [0.5, 0.6) is 0 Å². The SMILES string of the molecule is CCOCCCNC(=O)c1conc1-c1ccccc1. The summed E-state index contributed by atoms with van der Waals surface area (Å²) in [6.07, 6.45) is 2.16. The van der Waals surface area contributed by atoms with Crippen molar-refractivity contribution < 1.29 is 14.1 Å². The second-order valence-corrected chi connectivity index (χ2v) is 4.25. The van der Waals surface area contributed by atoms with Crippen molar-refractivity contribution in [2.24, 2.45) is 0 Å². The maximum Gasteiger partial charge on any atom is 0.256 e. The Balaban J connectivity index is 1.96. The Morgan fingerprint density at radius 2 is 2.15 bits per heavy atom. The Bertz CT molecular complexity index is 537. The number of aromatic nitrogens is 1. The molecule has 0 atom stereocenters. The number of nitrogens with zero attached hydrogens (tertiary/aromatic N) is 1. The van der Waals surface area contributed by atoms with Crippen molar-refractivity contribution in [3.05, 3.63) is 42.2 Å². The molecule has 20 heavy (non-hydrogen) atoms. The molecule has 0 bridgehead atoms. The summed E-state index contributed by atoms with van der Waals surface area (Å²) in [4.78, 5) is 12.1. The van der Waals surface area contributed by atoms with Crippen LogP contribution in [0.15, 0.2) is 41.1 Å². The topological polar surface area (TPSA) is 64.4 Å². The third-order valence-corrected chi connectivity index (χ3v) is 2.82. The van der Waals surface area contributed by atoms with E-state index in [0.29, 0.717) is 31.0 Å². The third-order valence-electron chi connectivity index (χ3n) is 2.82. The lowest BCUT2D eigenvalue weighted by Crippen LogP contribution is -2.25. The molecular formula is C15H18N2O3. The number of hydrogen-bond donors (Lipinski definition) is 1. The first-order valence-electron chi connectivity index (χ1n) is 6.68. The van der Waals surface area contributed by atoms with Gasteiger partial charge in [0.05, 0.1) is 0 Å². The van der Waals surface area contributed by atoms with Crippen LogP contribution in [0.2, 0.25) is 0 Å². The lowest BCUT2D eigenvalue weighted by molar-refractivity contribution is 0.0944. The van der Waals surface area contributed by atoms with E-state index in [0.717, 1.165) is 12.0 Å². The van der Waals surface area contributed by atoms with Crippen LogP contribution in [0.3, 0.4) is 0 Å². The van der Waals surface area contributed by atoms with Crippen molar-refractivity contribution in [2.45, 2.75) is 13.3 Å². The smallest absolute Gasteiger partial charge is 0.256 e. The Morgan fingerprint density at radius 1 is 1.35 bits per heavy atom. The van der Waals surface area contributed by atoms with Crippen LogP contribution in [0, 0.1) is 0 Å². The van der Waals surface area contributed by atoms with E-state index in [1.165, 1.54) is 6.26 Å². The molecule has 0 radical (unpaired) electrons. The molecule has 2 rings (SSSR count). The number of benzene rings is 1. The Kier molecular flexibility index (Phi) is 5.32. The highest BCUT2D eigenvalue weighted by atomic mass is 16.5. The maximum atomic E-state index is 12.1. The fourth-order valence-corrected chi connectivity index (χ4v) is 1.82. The van der Waals surface area contributed by atoms with Gasteiger partial charge in [-0.1, -0.05) is 35.5 Å². The van der Waals surface area contributed by atoms with E-state index in [2.05, 4.69) is 10.5 Å². The van der Waals surface area contributed by atoms with Crippen LogP contribution in [-0.4, -0.2) is 30.8 Å². The van der Waals surface area contributed by atoms with Gasteiger partial charge in [-0.25, -0.2) is 0 Å². The molecule has 0 saturated carbocycles. The summed E-state index contributed by atoms with van der Waals surface area (Å²) in [5.41, 5.74) is 1.88. The van der Waals surface area contributed by atoms with E-state index in [-0.39, 0.29) is 5.91 Å². The van der Waals surface area contributed by atoms with Gasteiger partial charge in [-0.15, -0.1) is 0 Å². The summed E-state index contributed by atoms with van der Waals surface area (Å²) in [5, 5.41) is 6.74. The van der Waals surface area contributed by atoms with Gasteiger partial charge in [0, 0.05) is 25.3 Å². The van der Waals surface area contributed by atoms with Crippen molar-refractivity contribution >= 4 is 5.91 Å². The highest BCUT2D eigenvalue weighted by molar-refractivity contribution is 5.99. The molecule has 5 heteroatoms. The van der Waals surface area contributed by atoms with Gasteiger partial charge < -0.3 is 14.6 Å². The Hall–Kier alpha value is -2.14. The number of amides is 1. The summed E-state index contributed by atoms with van der Waals surface area (Å²) >= 11 is 0. The first-order chi connectivity index (χ1) is 9.83. The summed E-state index contributed by atoms with van der Waals surface area (Å²) in [6, 6.07) is 9.49. The fourth-order valence-electron chi connectivity index (χ4n) is 1.82. The van der Waals surface area contributed by atoms with Gasteiger partial charge in [0.1, 0.15) is 17.5 Å². The number of nitrogens with one attached hydrogen (secondary N) is 1. The van der Waals surface area contributed by atoms with Crippen LogP contribution in [-0.2, 0) is 4.74 Å². The van der Waals surface area contributed by atoms with E-state index in [1.54, 1.807) is 0 Å². The molecule has 1 aromatic carbocycles. The van der Waals surface area contributed by atoms with Gasteiger partial charge in [-0.3, -0.25) is 4.79 Å². The molecule has 2 aromatic rings. The van der Waals surface area contributed by atoms with Crippen molar-refractivity contribution in [1.29, 1.82) is 0 Å². The van der Waals surface area contributed by atoms with Crippen molar-refractivity contribution in [3.8, 4) is 11.3 Å². The number of rotatable bonds is 7. The summed E-state index contributed by atoms with van der Waals surface area (Å²) in [6.45, 7) is 3.85. The van der Waals surface area contributed by atoms with Crippen LogP contribution in [0.4, 0.5) is 0 Å². The highest BCUT2D eigenvalue weighted by Gasteiger charge is 2.16. The number of ether oxygens (including phenoxy) is 1. The molecule has 1 amide bonds. The maximum absolute atomic E-state index is 12.1. The Labute approximate surface area is 117 Å². The quantitative estimate of drug-likeness (QED) is 0.788. The van der Waals surface area contributed by atoms with Crippen molar-refractivity contribution in [2.75, 3.05) is 19.8 Å². The van der Waals surface area contributed by atoms with Gasteiger partial charge in [0.2, 0.25) is 0 Å². The van der Waals surface area contributed by atoms with Gasteiger partial charge in [-0.2, -0.15) is 0 Å². The van der Waals surface area contributed by atoms with Crippen LogP contribution >= 0.6 is 0 Å². The van der Waals surface area contributed by atoms with E-state index in [9.17, 15) is 4.79 Å². The zero-order valence-corrected chi connectivity index (χ0v) is 11.5. The summed E-state index contributed by atoms with van der Waals surface area (Å²) in [5.74, 6) is -0.179. The van der Waals surface area contributed by atoms with Gasteiger partial charge in [-0.05, 0) is 13.3 Å². The van der Waals surface area contributed by atoms with E-state index in [1.807, 2.05) is 37.3 Å². The molecule has 0 unspecified atom stereocenters. The molecule has 0 aliphatic carbocycles. The lowest BCUT2D eigenvalue weighted by atomic mass is 10.1. The molecule has 0 fully saturated rings. The number of hydrogen-bond acceptors (Lipinski definition) is 4. The van der Waals surface area contributed by atoms with Crippen LogP contribution < -0.4 is 5.32 Å². The van der Waals surface area contributed by atoms with Gasteiger partial charge in [0.15, 0.2) is 0 Å². The van der Waals surface area contributed by atoms with E-state index < -0.39 is 0 Å². The largest absolute Gasteiger partial charge is 0.382 e. The summed E-state index contributed by atoms with van der Waals surface area (Å²) < 4.78 is 10.1. The monoisotopic (exact) mass is 274 g/mol. The van der Waals surface area contributed by atoms with Crippen molar-refractivity contribution in [3.63, 3.8) is 0 Å². The molecule has 0 spiro atoms. The molecule has 1 aromatic heterocycles. The van der Waals surface area contributed by atoms with E-state index >= 15 is 0 Å². The van der Waals surface area contributed by atoms with Gasteiger partial charge in [0.25, 0.3) is 5.91 Å². The van der Waals surface area contributed by atoms with Gasteiger partial charge >= 0.3 is 0 Å². The predicted molar refractivity (Wildman–Crippen MR) is 75.4 cm³/mol. The standard InChI is InChI=1S/C15H18N2O3/c1-2-19-10-6-9-16-15(18)13-11-20-17-14(13)12-7-4-3-5-8-12/h3-5,7-8,11H,2,6,9-10H2,1H3,(H,16,18). The van der Waals surface area contributed by atoms with Crippen molar-refractivity contribution in [1.82, 2.24) is 10.5 Å². The molecular weight excluding hydrogens is 256 g/mol. The molecule has 106 valence electrons. The van der Waals surface area contributed by atoms with E-state index in [4.69, 9.17) is 9.26 Å². The molecule has 0 saturated heterocycles. The van der Waals surface area contributed by atoms with Crippen LogP contribution in [0.25, 0.3) is 11.3 Å². The fraction of sp³-hybridized carbons (Fsp3) is 0.333. The van der Waals surface area contributed by atoms with Crippen LogP contribution in [0.1, 0.15) is 23.7 Å². The predicted octanol–water partition coefficient (Wildman–Crippen LogP) is 2.50. The highest BCUT2D eigenvalue weighted by Crippen LogP contribution is 2.21. The first kappa shape index (κ1) is 14.3. The second kappa shape index (κ2) is 7.45. The zero-order valence-electron chi connectivity index (χ0n) is 11.5. The molecule has 5 nitrogen and oxygen atoms in total. The molecule has 0 aliphatic heterocycles. The minimum Gasteiger partial charge on any atom is -0.382 e. The number of carbonyl (C=O) groups is 1. The zero-order chi connectivity index (χ0) is 14.2. The molecule has 0 aliphatic rings. The lowest BCUT2D eigenvalue weighted by Gasteiger charge is -2.05. The minimum atomic E-state index is -0.179. The average Bonchev–Trinajstić information content (AvgIpc) is 2.97.